The van der Waals surface area contributed by atoms with E-state index in [1.54, 1.807) is 24.0 Å². The second kappa shape index (κ2) is 5.16. The number of hydrogen-bond donors (Lipinski definition) is 0. The molecule has 0 spiro atoms. The highest BCUT2D eigenvalue weighted by Crippen LogP contribution is 2.19. The Labute approximate surface area is 120 Å². The number of carbonyl (C=O) groups is 1. The number of amides is 1. The maximum atomic E-state index is 12.9. The fourth-order valence-corrected chi connectivity index (χ4v) is 2.45. The van der Waals surface area contributed by atoms with Crippen LogP contribution in [0.15, 0.2) is 39.7 Å². The maximum Gasteiger partial charge on any atom is 0.261 e. The van der Waals surface area contributed by atoms with Crippen molar-refractivity contribution in [1.29, 1.82) is 0 Å². The molecule has 0 unspecified atom stereocenters. The zero-order valence-electron chi connectivity index (χ0n) is 11.6. The molecule has 0 saturated heterocycles. The van der Waals surface area contributed by atoms with Crippen LogP contribution in [0.1, 0.15) is 27.2 Å². The number of carbonyl (C=O) groups excluding carboxylic acids is 1. The minimum Gasteiger partial charge on any atom is -0.468 e. The minimum absolute atomic E-state index is 0.128. The first-order valence-electron chi connectivity index (χ1n) is 6.71. The molecule has 1 amide bonds. The van der Waals surface area contributed by atoms with Crippen LogP contribution in [0.25, 0.3) is 0 Å². The van der Waals surface area contributed by atoms with Crippen LogP contribution in [0.2, 0.25) is 0 Å². The number of rotatable bonds is 2. The molecule has 3 rings (SSSR count). The summed E-state index contributed by atoms with van der Waals surface area (Å²) in [5.74, 6) is -0.186. The van der Waals surface area contributed by atoms with Gasteiger partial charge in [0.05, 0.1) is 6.26 Å². The molecule has 2 aromatic rings. The molecule has 21 heavy (non-hydrogen) atoms. The van der Waals surface area contributed by atoms with Crippen molar-refractivity contribution in [1.82, 2.24) is 4.90 Å². The van der Waals surface area contributed by atoms with Crippen LogP contribution in [0.5, 0.6) is 0 Å². The Morgan fingerprint density at radius 3 is 2.67 bits per heavy atom. The van der Waals surface area contributed by atoms with E-state index >= 15 is 0 Å². The van der Waals surface area contributed by atoms with Gasteiger partial charge < -0.3 is 9.32 Å². The van der Waals surface area contributed by atoms with Gasteiger partial charge in [-0.15, -0.1) is 0 Å². The first-order valence-corrected chi connectivity index (χ1v) is 6.71. The summed E-state index contributed by atoms with van der Waals surface area (Å²) in [4.78, 5) is 26.2. The molecule has 1 aliphatic rings. The van der Waals surface area contributed by atoms with Crippen molar-refractivity contribution in [2.24, 2.45) is 0 Å². The molecular formula is C16H14FNO3. The van der Waals surface area contributed by atoms with Gasteiger partial charge in [-0.05, 0) is 24.6 Å². The summed E-state index contributed by atoms with van der Waals surface area (Å²) in [5.41, 5.74) is 1.10. The molecular weight excluding hydrogens is 273 g/mol. The number of hydrogen-bond acceptors (Lipinski definition) is 3. The van der Waals surface area contributed by atoms with Gasteiger partial charge in [-0.3, -0.25) is 9.59 Å². The molecule has 5 heteroatoms. The van der Waals surface area contributed by atoms with Gasteiger partial charge >= 0.3 is 0 Å². The molecule has 4 nitrogen and oxygen atoms in total. The van der Waals surface area contributed by atoms with Crippen LogP contribution in [0.4, 0.5) is 4.39 Å². The third kappa shape index (κ3) is 2.46. The number of aryl methyl sites for hydroxylation is 1. The SMILES string of the molecule is Cc1coc2c(c1=O)C(=O)N(Cc1ccc(F)cc1)CC2. The molecule has 0 fully saturated rings. The van der Waals surface area contributed by atoms with Crippen LogP contribution < -0.4 is 5.43 Å². The van der Waals surface area contributed by atoms with Crippen LogP contribution in [0.3, 0.4) is 0 Å². The van der Waals surface area contributed by atoms with E-state index in [0.29, 0.717) is 30.8 Å². The van der Waals surface area contributed by atoms with Gasteiger partial charge in [0.25, 0.3) is 5.91 Å². The third-order valence-corrected chi connectivity index (χ3v) is 3.64. The number of fused-ring (bicyclic) bond motifs is 1. The molecule has 0 atom stereocenters. The summed E-state index contributed by atoms with van der Waals surface area (Å²) >= 11 is 0. The summed E-state index contributed by atoms with van der Waals surface area (Å²) in [7, 11) is 0. The van der Waals surface area contributed by atoms with Crippen molar-refractivity contribution in [3.63, 3.8) is 0 Å². The van der Waals surface area contributed by atoms with Crippen LogP contribution in [0, 0.1) is 12.7 Å². The van der Waals surface area contributed by atoms with Crippen molar-refractivity contribution in [3.05, 3.63) is 69.0 Å². The average molecular weight is 287 g/mol. The number of benzene rings is 1. The van der Waals surface area contributed by atoms with E-state index < -0.39 is 0 Å². The van der Waals surface area contributed by atoms with E-state index in [0.717, 1.165) is 5.56 Å². The predicted molar refractivity (Wildman–Crippen MR) is 74.6 cm³/mol. The maximum absolute atomic E-state index is 12.9. The molecule has 1 aliphatic heterocycles. The van der Waals surface area contributed by atoms with Gasteiger partial charge in [-0.25, -0.2) is 4.39 Å². The minimum atomic E-state index is -0.321. The van der Waals surface area contributed by atoms with Gasteiger partial charge in [0.15, 0.2) is 0 Å². The van der Waals surface area contributed by atoms with Crippen LogP contribution in [-0.4, -0.2) is 17.4 Å². The van der Waals surface area contributed by atoms with E-state index in [1.165, 1.54) is 18.4 Å². The molecule has 1 aromatic carbocycles. The zero-order chi connectivity index (χ0) is 15.0. The molecule has 1 aromatic heterocycles. The highest BCUT2D eigenvalue weighted by atomic mass is 19.1. The topological polar surface area (TPSA) is 50.5 Å². The quantitative estimate of drug-likeness (QED) is 0.851. The predicted octanol–water partition coefficient (Wildman–Crippen LogP) is 2.29. The van der Waals surface area contributed by atoms with Crippen LogP contribution in [-0.2, 0) is 13.0 Å². The van der Waals surface area contributed by atoms with Gasteiger partial charge in [-0.1, -0.05) is 12.1 Å². The van der Waals surface area contributed by atoms with E-state index in [4.69, 9.17) is 4.42 Å². The lowest BCUT2D eigenvalue weighted by Gasteiger charge is -2.27. The summed E-state index contributed by atoms with van der Waals surface area (Å²) < 4.78 is 18.3. The molecule has 0 aliphatic carbocycles. The summed E-state index contributed by atoms with van der Waals surface area (Å²) in [6.07, 6.45) is 1.90. The lowest BCUT2D eigenvalue weighted by Crippen LogP contribution is -2.40. The Kier molecular flexibility index (Phi) is 3.33. The first-order chi connectivity index (χ1) is 10.1. The van der Waals surface area contributed by atoms with Gasteiger partial charge in [0.1, 0.15) is 17.1 Å². The fourth-order valence-electron chi connectivity index (χ4n) is 2.45. The Morgan fingerprint density at radius 1 is 1.24 bits per heavy atom. The molecule has 0 radical (unpaired) electrons. The Morgan fingerprint density at radius 2 is 1.95 bits per heavy atom. The van der Waals surface area contributed by atoms with Crippen molar-refractivity contribution >= 4 is 5.91 Å². The lowest BCUT2D eigenvalue weighted by atomic mass is 10.0. The normalized spacial score (nSPS) is 14.2. The van der Waals surface area contributed by atoms with E-state index in [-0.39, 0.29) is 22.7 Å². The molecule has 108 valence electrons. The van der Waals surface area contributed by atoms with Crippen molar-refractivity contribution in [2.75, 3.05) is 6.54 Å². The first kappa shape index (κ1) is 13.5. The Bertz CT molecular complexity index is 749. The largest absolute Gasteiger partial charge is 0.468 e. The van der Waals surface area contributed by atoms with Crippen molar-refractivity contribution in [3.8, 4) is 0 Å². The molecule has 0 N–H and O–H groups in total. The summed E-state index contributed by atoms with van der Waals surface area (Å²) in [6.45, 7) is 2.46. The Balaban J connectivity index is 1.90. The molecule has 0 bridgehead atoms. The fraction of sp³-hybridized carbons (Fsp3) is 0.250. The van der Waals surface area contributed by atoms with Gasteiger partial charge in [0, 0.05) is 25.1 Å². The summed E-state index contributed by atoms with van der Waals surface area (Å²) in [5, 5.41) is 0. The summed E-state index contributed by atoms with van der Waals surface area (Å²) in [6, 6.07) is 5.99. The standard InChI is InChI=1S/C16H14FNO3/c1-10-9-21-13-6-7-18(16(20)14(13)15(10)19)8-11-2-4-12(17)5-3-11/h2-5,9H,6-8H2,1H3. The number of nitrogens with zero attached hydrogens (tertiary/aromatic N) is 1. The highest BCUT2D eigenvalue weighted by Gasteiger charge is 2.29. The van der Waals surface area contributed by atoms with Crippen molar-refractivity contribution < 1.29 is 13.6 Å². The third-order valence-electron chi connectivity index (χ3n) is 3.64. The van der Waals surface area contributed by atoms with Gasteiger partial charge in [0.2, 0.25) is 5.43 Å². The van der Waals surface area contributed by atoms with Crippen LogP contribution >= 0.6 is 0 Å². The number of halogens is 1. The Hall–Kier alpha value is -2.43. The molecule has 0 saturated carbocycles. The zero-order valence-corrected chi connectivity index (χ0v) is 11.6. The van der Waals surface area contributed by atoms with E-state index in [9.17, 15) is 14.0 Å². The lowest BCUT2D eigenvalue weighted by molar-refractivity contribution is 0.0713. The van der Waals surface area contributed by atoms with E-state index in [1.807, 2.05) is 0 Å². The van der Waals surface area contributed by atoms with Gasteiger partial charge in [-0.2, -0.15) is 0 Å². The second-order valence-corrected chi connectivity index (χ2v) is 5.15. The molecule has 2 heterocycles. The van der Waals surface area contributed by atoms with Crippen molar-refractivity contribution in [2.45, 2.75) is 19.9 Å². The average Bonchev–Trinajstić information content (AvgIpc) is 2.48. The van der Waals surface area contributed by atoms with E-state index in [2.05, 4.69) is 0 Å². The monoisotopic (exact) mass is 287 g/mol. The second-order valence-electron chi connectivity index (χ2n) is 5.15. The highest BCUT2D eigenvalue weighted by molar-refractivity contribution is 5.96. The smallest absolute Gasteiger partial charge is 0.261 e.